The molecule has 0 unspecified atom stereocenters. The van der Waals surface area contributed by atoms with Crippen molar-refractivity contribution in [3.63, 3.8) is 0 Å². The van der Waals surface area contributed by atoms with Crippen molar-refractivity contribution in [1.29, 1.82) is 0 Å². The van der Waals surface area contributed by atoms with Crippen LogP contribution in [0.25, 0.3) is 0 Å². The normalized spacial score (nSPS) is 9.80. The molecule has 0 aliphatic rings. The summed E-state index contributed by atoms with van der Waals surface area (Å²) in [6.07, 6.45) is 0.852. The number of methoxy groups -OCH3 is 1. The minimum Gasteiger partial charge on any atom is -0.383 e. The Kier molecular flexibility index (Phi) is 7.62. The number of hydrogen-bond acceptors (Lipinski definition) is 3. The molecule has 0 heterocycles. The van der Waals surface area contributed by atoms with Crippen molar-refractivity contribution in [2.45, 2.75) is 20.3 Å². The van der Waals surface area contributed by atoms with E-state index in [1.54, 1.807) is 7.11 Å². The lowest BCUT2D eigenvalue weighted by Gasteiger charge is -2.19. The predicted molar refractivity (Wildman–Crippen MR) is 57.4 cm³/mol. The number of hydrogen-bond donors (Lipinski definition) is 1. The molecule has 0 aliphatic carbocycles. The van der Waals surface area contributed by atoms with Gasteiger partial charge in [-0.05, 0) is 6.42 Å². The quantitative estimate of drug-likeness (QED) is 0.610. The van der Waals surface area contributed by atoms with Crippen molar-refractivity contribution in [3.05, 3.63) is 0 Å². The molecule has 0 spiro atoms. The number of rotatable bonds is 7. The molecule has 0 aromatic rings. The fourth-order valence-corrected chi connectivity index (χ4v) is 1.14. The Morgan fingerprint density at radius 2 is 2.07 bits per heavy atom. The Balaban J connectivity index is 3.84. The van der Waals surface area contributed by atoms with Crippen LogP contribution in [0, 0.1) is 0 Å². The van der Waals surface area contributed by atoms with Gasteiger partial charge in [0.1, 0.15) is 0 Å². The molecule has 0 aliphatic heterocycles. The fraction of sp³-hybridized carbons (Fsp3) is 0.800. The van der Waals surface area contributed by atoms with E-state index in [1.807, 2.05) is 6.92 Å². The van der Waals surface area contributed by atoms with Crippen LogP contribution in [0.5, 0.6) is 0 Å². The van der Waals surface area contributed by atoms with Crippen molar-refractivity contribution in [1.82, 2.24) is 10.2 Å². The largest absolute Gasteiger partial charge is 0.383 e. The molecule has 5 heteroatoms. The van der Waals surface area contributed by atoms with E-state index in [0.717, 1.165) is 6.42 Å². The fourth-order valence-electron chi connectivity index (χ4n) is 1.14. The summed E-state index contributed by atoms with van der Waals surface area (Å²) in [4.78, 5) is 24.0. The Labute approximate surface area is 90.8 Å². The Morgan fingerprint density at radius 1 is 1.40 bits per heavy atom. The molecule has 0 aromatic heterocycles. The van der Waals surface area contributed by atoms with Crippen LogP contribution in [0.3, 0.4) is 0 Å². The first-order valence-electron chi connectivity index (χ1n) is 5.13. The topological polar surface area (TPSA) is 58.6 Å². The number of amides is 2. The van der Waals surface area contributed by atoms with Gasteiger partial charge in [0.15, 0.2) is 0 Å². The first-order valence-corrected chi connectivity index (χ1v) is 5.13. The zero-order chi connectivity index (χ0) is 11.7. The summed E-state index contributed by atoms with van der Waals surface area (Å²) in [7, 11) is 1.57. The molecule has 88 valence electrons. The summed E-state index contributed by atoms with van der Waals surface area (Å²) in [6.45, 7) is 5.16. The van der Waals surface area contributed by atoms with Crippen LogP contribution in [-0.4, -0.2) is 50.1 Å². The Morgan fingerprint density at radius 3 is 2.53 bits per heavy atom. The molecule has 1 N–H and O–H groups in total. The zero-order valence-corrected chi connectivity index (χ0v) is 9.71. The second-order valence-electron chi connectivity index (χ2n) is 3.28. The van der Waals surface area contributed by atoms with Crippen LogP contribution < -0.4 is 5.32 Å². The van der Waals surface area contributed by atoms with Crippen LogP contribution in [-0.2, 0) is 14.3 Å². The van der Waals surface area contributed by atoms with Crippen molar-refractivity contribution in [3.8, 4) is 0 Å². The van der Waals surface area contributed by atoms with Gasteiger partial charge < -0.3 is 15.0 Å². The highest BCUT2D eigenvalue weighted by Crippen LogP contribution is 1.91. The van der Waals surface area contributed by atoms with Crippen LogP contribution in [0.15, 0.2) is 0 Å². The molecular weight excluding hydrogens is 196 g/mol. The van der Waals surface area contributed by atoms with E-state index in [9.17, 15) is 9.59 Å². The number of ether oxygens (including phenoxy) is 1. The van der Waals surface area contributed by atoms with Gasteiger partial charge in [0.25, 0.3) is 0 Å². The maximum absolute atomic E-state index is 11.3. The van der Waals surface area contributed by atoms with Gasteiger partial charge in [0.05, 0.1) is 13.2 Å². The lowest BCUT2D eigenvalue weighted by molar-refractivity contribution is -0.134. The number of carbonyl (C=O) groups excluding carboxylic acids is 2. The molecule has 5 nitrogen and oxygen atoms in total. The van der Waals surface area contributed by atoms with Crippen LogP contribution in [0.4, 0.5) is 0 Å². The van der Waals surface area contributed by atoms with E-state index in [2.05, 4.69) is 5.32 Å². The second kappa shape index (κ2) is 8.23. The van der Waals surface area contributed by atoms with Crippen molar-refractivity contribution < 1.29 is 14.3 Å². The number of nitrogens with zero attached hydrogens (tertiary/aromatic N) is 1. The summed E-state index contributed by atoms with van der Waals surface area (Å²) < 4.78 is 4.80. The third-order valence-electron chi connectivity index (χ3n) is 1.90. The number of nitrogens with one attached hydrogen (secondary N) is 1. The van der Waals surface area contributed by atoms with Gasteiger partial charge in [-0.1, -0.05) is 6.92 Å². The van der Waals surface area contributed by atoms with E-state index < -0.39 is 0 Å². The lowest BCUT2D eigenvalue weighted by atomic mass is 10.4. The first-order chi connectivity index (χ1) is 7.11. The minimum absolute atomic E-state index is 0.0706. The Hall–Kier alpha value is -1.10. The molecule has 0 saturated carbocycles. The molecule has 0 aromatic carbocycles. The predicted octanol–water partition coefficient (Wildman–Crippen LogP) is 0.00750. The van der Waals surface area contributed by atoms with Crippen LogP contribution in [0.1, 0.15) is 20.3 Å². The molecule has 0 saturated heterocycles. The monoisotopic (exact) mass is 216 g/mol. The van der Waals surface area contributed by atoms with Gasteiger partial charge in [-0.3, -0.25) is 9.59 Å². The summed E-state index contributed by atoms with van der Waals surface area (Å²) >= 11 is 0. The van der Waals surface area contributed by atoms with Gasteiger partial charge in [-0.25, -0.2) is 0 Å². The van der Waals surface area contributed by atoms with E-state index >= 15 is 0 Å². The molecule has 0 radical (unpaired) electrons. The molecule has 0 bridgehead atoms. The van der Waals surface area contributed by atoms with E-state index in [1.165, 1.54) is 11.8 Å². The van der Waals surface area contributed by atoms with Crippen molar-refractivity contribution in [2.24, 2.45) is 0 Å². The summed E-state index contributed by atoms with van der Waals surface area (Å²) in [5, 5.41) is 2.67. The smallest absolute Gasteiger partial charge is 0.239 e. The number of carbonyl (C=O) groups is 2. The third kappa shape index (κ3) is 6.90. The highest BCUT2D eigenvalue weighted by atomic mass is 16.5. The molecule has 0 rings (SSSR count). The SMILES string of the molecule is CCCN(CC(=O)NCCOC)C(C)=O. The minimum atomic E-state index is -0.143. The molecule has 0 atom stereocenters. The van der Waals surface area contributed by atoms with E-state index in [4.69, 9.17) is 4.74 Å². The summed E-state index contributed by atoms with van der Waals surface area (Å²) in [6, 6.07) is 0. The maximum Gasteiger partial charge on any atom is 0.239 e. The lowest BCUT2D eigenvalue weighted by Crippen LogP contribution is -2.40. The highest BCUT2D eigenvalue weighted by Gasteiger charge is 2.11. The average Bonchev–Trinajstić information content (AvgIpc) is 2.17. The molecule has 2 amide bonds. The third-order valence-corrected chi connectivity index (χ3v) is 1.90. The van der Waals surface area contributed by atoms with Crippen LogP contribution in [0.2, 0.25) is 0 Å². The summed E-state index contributed by atoms with van der Waals surface area (Å²) in [5.41, 5.74) is 0. The van der Waals surface area contributed by atoms with Gasteiger partial charge in [0, 0.05) is 27.1 Å². The molecule has 15 heavy (non-hydrogen) atoms. The second-order valence-corrected chi connectivity index (χ2v) is 3.28. The van der Waals surface area contributed by atoms with Gasteiger partial charge in [-0.15, -0.1) is 0 Å². The summed E-state index contributed by atoms with van der Waals surface area (Å²) in [5.74, 6) is -0.213. The highest BCUT2D eigenvalue weighted by molar-refractivity contribution is 5.83. The standard InChI is InChI=1S/C10H20N2O3/c1-4-6-12(9(2)13)8-10(14)11-5-7-15-3/h4-8H2,1-3H3,(H,11,14). The average molecular weight is 216 g/mol. The first kappa shape index (κ1) is 13.9. The van der Waals surface area contributed by atoms with Crippen LogP contribution >= 0.6 is 0 Å². The van der Waals surface area contributed by atoms with Crippen molar-refractivity contribution >= 4 is 11.8 Å². The van der Waals surface area contributed by atoms with E-state index in [-0.39, 0.29) is 18.4 Å². The zero-order valence-electron chi connectivity index (χ0n) is 9.71. The van der Waals surface area contributed by atoms with Gasteiger partial charge >= 0.3 is 0 Å². The van der Waals surface area contributed by atoms with Gasteiger partial charge in [0.2, 0.25) is 11.8 Å². The Bertz CT molecular complexity index is 207. The molecular formula is C10H20N2O3. The van der Waals surface area contributed by atoms with Gasteiger partial charge in [-0.2, -0.15) is 0 Å². The van der Waals surface area contributed by atoms with E-state index in [0.29, 0.717) is 19.7 Å². The molecule has 0 fully saturated rings. The van der Waals surface area contributed by atoms with Crippen molar-refractivity contribution in [2.75, 3.05) is 33.4 Å². The maximum atomic E-state index is 11.3.